The highest BCUT2D eigenvalue weighted by atomic mass is 32.1. The Hall–Kier alpha value is -0.370. The first-order valence-corrected chi connectivity index (χ1v) is 10.4. The van der Waals surface area contributed by atoms with Crippen LogP contribution in [-0.4, -0.2) is 4.98 Å². The number of hydrogen-bond acceptors (Lipinski definition) is 2. The highest BCUT2D eigenvalue weighted by molar-refractivity contribution is 7.11. The van der Waals surface area contributed by atoms with Crippen LogP contribution in [0.4, 0.5) is 0 Å². The lowest BCUT2D eigenvalue weighted by Gasteiger charge is -2.16. The lowest BCUT2D eigenvalue weighted by atomic mass is 9.89. The summed E-state index contributed by atoms with van der Waals surface area (Å²) in [5.41, 5.74) is 1.22. The van der Waals surface area contributed by atoms with Crippen LogP contribution in [0.15, 0.2) is 0 Å². The number of aromatic nitrogens is 1. The predicted molar refractivity (Wildman–Crippen MR) is 106 cm³/mol. The maximum Gasteiger partial charge on any atom is 0.0956 e. The number of aryl methyl sites for hydroxylation is 1. The maximum absolute atomic E-state index is 4.55. The summed E-state index contributed by atoms with van der Waals surface area (Å²) in [7, 11) is 0. The molecule has 1 aliphatic carbocycles. The molecule has 2 rings (SSSR count). The van der Waals surface area contributed by atoms with Gasteiger partial charge in [-0.15, -0.1) is 11.3 Å². The normalized spacial score (nSPS) is 21.4. The van der Waals surface area contributed by atoms with Crippen molar-refractivity contribution in [3.63, 3.8) is 0 Å². The van der Waals surface area contributed by atoms with E-state index in [1.807, 2.05) is 11.3 Å². The summed E-state index contributed by atoms with van der Waals surface area (Å²) >= 11 is 1.86. The fraction of sp³-hybridized carbons (Fsp3) is 0.857. The molecule has 0 aromatic carbocycles. The molecule has 23 heavy (non-hydrogen) atoms. The van der Waals surface area contributed by atoms with Gasteiger partial charge in [0.1, 0.15) is 0 Å². The van der Waals surface area contributed by atoms with Gasteiger partial charge in [-0.1, -0.05) is 55.4 Å². The first-order chi connectivity index (χ1) is 10.6. The third kappa shape index (κ3) is 6.21. The molecule has 1 aliphatic rings. The molecule has 2 heteroatoms. The third-order valence-corrected chi connectivity index (χ3v) is 7.03. The first-order valence-electron chi connectivity index (χ1n) is 9.60. The molecule has 0 bridgehead atoms. The summed E-state index contributed by atoms with van der Waals surface area (Å²) < 4.78 is 0. The monoisotopic (exact) mass is 337 g/mol. The van der Waals surface area contributed by atoms with E-state index in [0.29, 0.717) is 11.8 Å². The Labute approximate surface area is 149 Å². The second kappa shape index (κ2) is 9.20. The number of hydrogen-bond donors (Lipinski definition) is 0. The first kappa shape index (κ1) is 20.7. The van der Waals surface area contributed by atoms with Crippen molar-refractivity contribution in [2.45, 2.75) is 93.4 Å². The standard InChI is InChI=1S/C11H22.C10H17NS/c1-8(2)10-5-6-11(7-10)9(3)4;1-6(2)9-8(5)11-10(12-9)7(3)4/h8-11H,5-7H2,1-4H3;6-7H,1-5H3. The van der Waals surface area contributed by atoms with Gasteiger partial charge in [0.2, 0.25) is 0 Å². The number of nitrogens with zero attached hydrogens (tertiary/aromatic N) is 1. The van der Waals surface area contributed by atoms with Gasteiger partial charge >= 0.3 is 0 Å². The Morgan fingerprint density at radius 3 is 1.52 bits per heavy atom. The zero-order valence-electron chi connectivity index (χ0n) is 16.9. The van der Waals surface area contributed by atoms with Gasteiger partial charge in [-0.2, -0.15) is 0 Å². The molecule has 1 nitrogen and oxygen atoms in total. The number of thiazole rings is 1. The Kier molecular flexibility index (Phi) is 8.27. The molecular formula is C21H39NS. The van der Waals surface area contributed by atoms with Crippen LogP contribution in [-0.2, 0) is 0 Å². The van der Waals surface area contributed by atoms with Gasteiger partial charge < -0.3 is 0 Å². The van der Waals surface area contributed by atoms with Gasteiger partial charge in [-0.25, -0.2) is 4.98 Å². The number of rotatable bonds is 4. The molecular weight excluding hydrogens is 298 g/mol. The minimum atomic E-state index is 0.571. The Morgan fingerprint density at radius 2 is 1.30 bits per heavy atom. The van der Waals surface area contributed by atoms with Gasteiger partial charge in [0.05, 0.1) is 10.7 Å². The zero-order chi connectivity index (χ0) is 17.7. The van der Waals surface area contributed by atoms with Gasteiger partial charge in [-0.05, 0) is 55.8 Å². The van der Waals surface area contributed by atoms with Crippen molar-refractivity contribution < 1.29 is 0 Å². The summed E-state index contributed by atoms with van der Waals surface area (Å²) in [6, 6.07) is 0. The molecule has 0 N–H and O–H groups in total. The van der Waals surface area contributed by atoms with Crippen molar-refractivity contribution in [3.8, 4) is 0 Å². The maximum atomic E-state index is 4.55. The predicted octanol–water partition coefficient (Wildman–Crippen LogP) is 7.41. The van der Waals surface area contributed by atoms with Crippen LogP contribution < -0.4 is 0 Å². The molecule has 134 valence electrons. The molecule has 0 radical (unpaired) electrons. The highest BCUT2D eigenvalue weighted by Crippen LogP contribution is 2.39. The van der Waals surface area contributed by atoms with Gasteiger partial charge in [-0.3, -0.25) is 0 Å². The van der Waals surface area contributed by atoms with E-state index in [0.717, 1.165) is 23.7 Å². The third-order valence-electron chi connectivity index (χ3n) is 5.27. The Balaban J connectivity index is 0.000000231. The van der Waals surface area contributed by atoms with E-state index >= 15 is 0 Å². The van der Waals surface area contributed by atoms with Crippen molar-refractivity contribution >= 4 is 11.3 Å². The lowest BCUT2D eigenvalue weighted by molar-refractivity contribution is 0.340. The summed E-state index contributed by atoms with van der Waals surface area (Å²) in [6.45, 7) is 20.4. The van der Waals surface area contributed by atoms with E-state index in [4.69, 9.17) is 0 Å². The van der Waals surface area contributed by atoms with Crippen LogP contribution in [0.3, 0.4) is 0 Å². The summed E-state index contributed by atoms with van der Waals surface area (Å²) in [5, 5.41) is 1.27. The van der Waals surface area contributed by atoms with E-state index in [1.54, 1.807) is 0 Å². The van der Waals surface area contributed by atoms with E-state index < -0.39 is 0 Å². The van der Waals surface area contributed by atoms with Crippen LogP contribution >= 0.6 is 11.3 Å². The smallest absolute Gasteiger partial charge is 0.0956 e. The SMILES string of the molecule is CC(C)C1CCC(C(C)C)C1.Cc1nc(C(C)C)sc1C(C)C. The molecule has 1 heterocycles. The second-order valence-electron chi connectivity index (χ2n) is 8.63. The molecule has 1 fully saturated rings. The van der Waals surface area contributed by atoms with Crippen LogP contribution in [0.2, 0.25) is 0 Å². The van der Waals surface area contributed by atoms with Crippen LogP contribution in [0.5, 0.6) is 0 Å². The second-order valence-corrected chi connectivity index (χ2v) is 9.69. The molecule has 2 atom stereocenters. The van der Waals surface area contributed by atoms with Crippen molar-refractivity contribution in [2.75, 3.05) is 0 Å². The molecule has 2 unspecified atom stereocenters. The fourth-order valence-corrected chi connectivity index (χ4v) is 4.55. The Bertz CT molecular complexity index is 442. The Morgan fingerprint density at radius 1 is 0.826 bits per heavy atom. The van der Waals surface area contributed by atoms with Crippen molar-refractivity contribution in [1.82, 2.24) is 4.98 Å². The van der Waals surface area contributed by atoms with Crippen LogP contribution in [0.25, 0.3) is 0 Å². The van der Waals surface area contributed by atoms with E-state index in [1.165, 1.54) is 34.8 Å². The molecule has 0 amide bonds. The molecule has 1 saturated carbocycles. The van der Waals surface area contributed by atoms with Crippen molar-refractivity contribution in [3.05, 3.63) is 15.6 Å². The van der Waals surface area contributed by atoms with Gasteiger partial charge in [0.25, 0.3) is 0 Å². The minimum absolute atomic E-state index is 0.571. The van der Waals surface area contributed by atoms with Crippen molar-refractivity contribution in [2.24, 2.45) is 23.7 Å². The van der Waals surface area contributed by atoms with E-state index in [2.05, 4.69) is 67.3 Å². The topological polar surface area (TPSA) is 12.9 Å². The summed E-state index contributed by atoms with van der Waals surface area (Å²) in [5.74, 6) is 5.08. The quantitative estimate of drug-likeness (QED) is 0.557. The fourth-order valence-electron chi connectivity index (χ4n) is 3.48. The van der Waals surface area contributed by atoms with E-state index in [-0.39, 0.29) is 0 Å². The molecule has 1 aromatic rings. The summed E-state index contributed by atoms with van der Waals surface area (Å²) in [6.07, 6.45) is 4.47. The van der Waals surface area contributed by atoms with Crippen LogP contribution in [0.1, 0.15) is 102 Å². The molecule has 0 saturated heterocycles. The average Bonchev–Trinajstić information content (AvgIpc) is 3.05. The minimum Gasteiger partial charge on any atom is -0.246 e. The molecule has 0 aliphatic heterocycles. The van der Waals surface area contributed by atoms with Crippen molar-refractivity contribution in [1.29, 1.82) is 0 Å². The van der Waals surface area contributed by atoms with Crippen LogP contribution in [0, 0.1) is 30.6 Å². The summed E-state index contributed by atoms with van der Waals surface area (Å²) in [4.78, 5) is 5.99. The molecule has 1 aromatic heterocycles. The average molecular weight is 338 g/mol. The van der Waals surface area contributed by atoms with Gasteiger partial charge in [0.15, 0.2) is 0 Å². The zero-order valence-corrected chi connectivity index (χ0v) is 17.8. The highest BCUT2D eigenvalue weighted by Gasteiger charge is 2.28. The molecule has 0 spiro atoms. The van der Waals surface area contributed by atoms with Gasteiger partial charge in [0, 0.05) is 10.8 Å². The lowest BCUT2D eigenvalue weighted by Crippen LogP contribution is -2.07. The van der Waals surface area contributed by atoms with E-state index in [9.17, 15) is 0 Å². The largest absolute Gasteiger partial charge is 0.246 e.